The summed E-state index contributed by atoms with van der Waals surface area (Å²) in [4.78, 5) is 24.3. The molecular weight excluding hydrogens is 343 g/mol. The average Bonchev–Trinajstić information content (AvgIpc) is 2.89. The Bertz CT molecular complexity index is 730. The Morgan fingerprint density at radius 2 is 2.09 bits per heavy atom. The standard InChI is InChI=1S/C15H14Cl2N2O4/c1-3-12(14(20)18-13-6-8(2)23-19-13)22-15(21)10-5-4-9(16)7-11(10)17/h4-7,12H,3H2,1-2H3,(H,18,19,20). The van der Waals surface area contributed by atoms with E-state index in [0.29, 0.717) is 17.2 Å². The smallest absolute Gasteiger partial charge is 0.340 e. The van der Waals surface area contributed by atoms with Crippen LogP contribution in [0.3, 0.4) is 0 Å². The number of aromatic nitrogens is 1. The Morgan fingerprint density at radius 3 is 2.65 bits per heavy atom. The van der Waals surface area contributed by atoms with Crippen LogP contribution >= 0.6 is 23.2 Å². The summed E-state index contributed by atoms with van der Waals surface area (Å²) >= 11 is 11.7. The Kier molecular flexibility index (Phi) is 5.63. The summed E-state index contributed by atoms with van der Waals surface area (Å²) in [5.41, 5.74) is 0.139. The quantitative estimate of drug-likeness (QED) is 0.822. The molecule has 0 saturated heterocycles. The summed E-state index contributed by atoms with van der Waals surface area (Å²) in [6.45, 7) is 3.41. The first-order valence-corrected chi connectivity index (χ1v) is 7.56. The molecular formula is C15H14Cl2N2O4. The van der Waals surface area contributed by atoms with E-state index in [1.54, 1.807) is 19.9 Å². The summed E-state index contributed by atoms with van der Waals surface area (Å²) in [6, 6.07) is 5.95. The number of rotatable bonds is 5. The molecule has 1 heterocycles. The van der Waals surface area contributed by atoms with E-state index in [0.717, 1.165) is 0 Å². The Labute approximate surface area is 142 Å². The minimum atomic E-state index is -0.980. The van der Waals surface area contributed by atoms with Crippen molar-refractivity contribution in [3.8, 4) is 0 Å². The Morgan fingerprint density at radius 1 is 1.35 bits per heavy atom. The van der Waals surface area contributed by atoms with Crippen LogP contribution in [0.4, 0.5) is 5.82 Å². The lowest BCUT2D eigenvalue weighted by atomic mass is 10.2. The molecule has 0 spiro atoms. The lowest BCUT2D eigenvalue weighted by Gasteiger charge is -2.15. The lowest BCUT2D eigenvalue weighted by molar-refractivity contribution is -0.124. The Hall–Kier alpha value is -2.05. The highest BCUT2D eigenvalue weighted by molar-refractivity contribution is 6.36. The highest BCUT2D eigenvalue weighted by atomic mass is 35.5. The summed E-state index contributed by atoms with van der Waals surface area (Å²) < 4.78 is 10.1. The van der Waals surface area contributed by atoms with Crippen LogP contribution in [0.25, 0.3) is 0 Å². The molecule has 1 aromatic heterocycles. The topological polar surface area (TPSA) is 81.4 Å². The van der Waals surface area contributed by atoms with Gasteiger partial charge in [-0.2, -0.15) is 0 Å². The largest absolute Gasteiger partial charge is 0.449 e. The number of amides is 1. The predicted molar refractivity (Wildman–Crippen MR) is 85.8 cm³/mol. The van der Waals surface area contributed by atoms with Crippen LogP contribution in [-0.2, 0) is 9.53 Å². The molecule has 6 nitrogen and oxygen atoms in total. The number of anilines is 1. The third-order valence-electron chi connectivity index (χ3n) is 2.94. The van der Waals surface area contributed by atoms with Gasteiger partial charge < -0.3 is 14.6 Å². The van der Waals surface area contributed by atoms with Crippen LogP contribution in [0.2, 0.25) is 10.0 Å². The normalized spacial score (nSPS) is 11.8. The van der Waals surface area contributed by atoms with Crippen molar-refractivity contribution in [3.63, 3.8) is 0 Å². The van der Waals surface area contributed by atoms with Crippen molar-refractivity contribution in [2.24, 2.45) is 0 Å². The van der Waals surface area contributed by atoms with E-state index in [2.05, 4.69) is 10.5 Å². The molecule has 0 aliphatic rings. The number of hydrogen-bond acceptors (Lipinski definition) is 5. The minimum Gasteiger partial charge on any atom is -0.449 e. The zero-order chi connectivity index (χ0) is 17.0. The third-order valence-corrected chi connectivity index (χ3v) is 3.49. The van der Waals surface area contributed by atoms with Crippen LogP contribution in [0.15, 0.2) is 28.8 Å². The minimum absolute atomic E-state index is 0.139. The van der Waals surface area contributed by atoms with E-state index in [4.69, 9.17) is 32.5 Å². The molecule has 8 heteroatoms. The third kappa shape index (κ3) is 4.46. The maximum absolute atomic E-state index is 12.1. The van der Waals surface area contributed by atoms with Gasteiger partial charge in [-0.05, 0) is 31.5 Å². The van der Waals surface area contributed by atoms with Crippen LogP contribution in [0.1, 0.15) is 29.5 Å². The van der Waals surface area contributed by atoms with Crippen LogP contribution in [-0.4, -0.2) is 23.1 Å². The second-order valence-corrected chi connectivity index (χ2v) is 5.58. The maximum Gasteiger partial charge on any atom is 0.340 e. The Balaban J connectivity index is 2.05. The van der Waals surface area contributed by atoms with Crippen LogP contribution in [0, 0.1) is 6.92 Å². The summed E-state index contributed by atoms with van der Waals surface area (Å²) in [6.07, 6.45) is -0.689. The van der Waals surface area contributed by atoms with Gasteiger partial charge in [-0.25, -0.2) is 4.79 Å². The second kappa shape index (κ2) is 7.48. The monoisotopic (exact) mass is 356 g/mol. The lowest BCUT2D eigenvalue weighted by Crippen LogP contribution is -2.32. The molecule has 1 N–H and O–H groups in total. The number of aryl methyl sites for hydroxylation is 1. The summed E-state index contributed by atoms with van der Waals surface area (Å²) in [5, 5.41) is 6.73. The predicted octanol–water partition coefficient (Wildman–Crippen LogP) is 3.86. The number of nitrogens with zero attached hydrogens (tertiary/aromatic N) is 1. The highest BCUT2D eigenvalue weighted by Gasteiger charge is 2.24. The number of halogens is 2. The molecule has 1 aromatic carbocycles. The van der Waals surface area contributed by atoms with Crippen molar-refractivity contribution >= 4 is 40.9 Å². The molecule has 1 atom stereocenters. The highest BCUT2D eigenvalue weighted by Crippen LogP contribution is 2.22. The van der Waals surface area contributed by atoms with Gasteiger partial charge in [-0.3, -0.25) is 4.79 Å². The number of nitrogens with one attached hydrogen (secondary N) is 1. The number of ether oxygens (including phenoxy) is 1. The number of esters is 1. The van der Waals surface area contributed by atoms with Gasteiger partial charge in [-0.1, -0.05) is 35.3 Å². The molecule has 0 aliphatic heterocycles. The van der Waals surface area contributed by atoms with Gasteiger partial charge in [0.05, 0.1) is 10.6 Å². The van der Waals surface area contributed by atoms with Gasteiger partial charge in [0.25, 0.3) is 5.91 Å². The zero-order valence-corrected chi connectivity index (χ0v) is 13.9. The summed E-state index contributed by atoms with van der Waals surface area (Å²) in [7, 11) is 0. The van der Waals surface area contributed by atoms with Gasteiger partial charge in [0.1, 0.15) is 5.76 Å². The SMILES string of the molecule is CCC(OC(=O)c1ccc(Cl)cc1Cl)C(=O)Nc1cc(C)on1. The van der Waals surface area contributed by atoms with Crippen molar-refractivity contribution in [1.82, 2.24) is 5.16 Å². The molecule has 1 amide bonds. The van der Waals surface area contributed by atoms with Crippen LogP contribution in [0.5, 0.6) is 0 Å². The van der Waals surface area contributed by atoms with E-state index in [1.165, 1.54) is 18.2 Å². The van der Waals surface area contributed by atoms with Crippen molar-refractivity contribution in [2.45, 2.75) is 26.4 Å². The van der Waals surface area contributed by atoms with Gasteiger partial charge in [0.15, 0.2) is 11.9 Å². The van der Waals surface area contributed by atoms with Crippen LogP contribution < -0.4 is 5.32 Å². The fourth-order valence-electron chi connectivity index (χ4n) is 1.80. The number of carbonyl (C=O) groups is 2. The van der Waals surface area contributed by atoms with Crippen molar-refractivity contribution in [2.75, 3.05) is 5.32 Å². The van der Waals surface area contributed by atoms with E-state index in [9.17, 15) is 9.59 Å². The van der Waals surface area contributed by atoms with E-state index in [1.807, 2.05) is 0 Å². The molecule has 1 unspecified atom stereocenters. The molecule has 122 valence electrons. The molecule has 0 radical (unpaired) electrons. The van der Waals surface area contributed by atoms with Gasteiger partial charge in [0.2, 0.25) is 0 Å². The van der Waals surface area contributed by atoms with Gasteiger partial charge in [-0.15, -0.1) is 0 Å². The molecule has 0 aliphatic carbocycles. The van der Waals surface area contributed by atoms with E-state index < -0.39 is 18.0 Å². The molecule has 23 heavy (non-hydrogen) atoms. The van der Waals surface area contributed by atoms with Gasteiger partial charge >= 0.3 is 5.97 Å². The second-order valence-electron chi connectivity index (χ2n) is 4.74. The van der Waals surface area contributed by atoms with Gasteiger partial charge in [0, 0.05) is 11.1 Å². The fourth-order valence-corrected chi connectivity index (χ4v) is 2.29. The maximum atomic E-state index is 12.1. The first-order valence-electron chi connectivity index (χ1n) is 6.81. The van der Waals surface area contributed by atoms with E-state index >= 15 is 0 Å². The molecule has 0 bridgehead atoms. The molecule has 0 saturated carbocycles. The first-order chi connectivity index (χ1) is 10.9. The van der Waals surface area contributed by atoms with E-state index in [-0.39, 0.29) is 16.4 Å². The fraction of sp³-hybridized carbons (Fsp3) is 0.267. The molecule has 2 rings (SSSR count). The molecule has 0 fully saturated rings. The van der Waals surface area contributed by atoms with Crippen molar-refractivity contribution < 1.29 is 18.8 Å². The number of benzene rings is 1. The number of hydrogen-bond donors (Lipinski definition) is 1. The summed E-state index contributed by atoms with van der Waals surface area (Å²) in [5.74, 6) is -0.394. The number of carbonyl (C=O) groups excluding carboxylic acids is 2. The molecule has 2 aromatic rings. The zero-order valence-electron chi connectivity index (χ0n) is 12.4. The average molecular weight is 357 g/mol. The first kappa shape index (κ1) is 17.3. The van der Waals surface area contributed by atoms with Crippen molar-refractivity contribution in [3.05, 3.63) is 45.6 Å². The van der Waals surface area contributed by atoms with Crippen molar-refractivity contribution in [1.29, 1.82) is 0 Å².